The van der Waals surface area contributed by atoms with E-state index < -0.39 is 0 Å². The lowest BCUT2D eigenvalue weighted by atomic mass is 9.70. The summed E-state index contributed by atoms with van der Waals surface area (Å²) in [7, 11) is 0. The van der Waals surface area contributed by atoms with Crippen LogP contribution in [0.5, 0.6) is 0 Å². The van der Waals surface area contributed by atoms with Crippen molar-refractivity contribution in [3.63, 3.8) is 0 Å². The standard InChI is InChI=1S/C20H37N/c1-2-16-10-6-8-14-19(16)21-20-15-9-7-13-18(20)17-11-4-3-5-12-17/h16-21H,2-15H2,1H3. The Labute approximate surface area is 132 Å². The number of hydrogen-bond donors (Lipinski definition) is 1. The highest BCUT2D eigenvalue weighted by atomic mass is 15.0. The summed E-state index contributed by atoms with van der Waals surface area (Å²) in [6.07, 6.45) is 20.8. The molecule has 0 aromatic carbocycles. The van der Waals surface area contributed by atoms with Crippen molar-refractivity contribution in [3.05, 3.63) is 0 Å². The van der Waals surface area contributed by atoms with Crippen molar-refractivity contribution in [2.75, 3.05) is 0 Å². The van der Waals surface area contributed by atoms with Gasteiger partial charge in [0.1, 0.15) is 0 Å². The first-order chi connectivity index (χ1) is 10.4. The highest BCUT2D eigenvalue weighted by molar-refractivity contribution is 4.91. The number of nitrogens with one attached hydrogen (secondary N) is 1. The van der Waals surface area contributed by atoms with E-state index in [2.05, 4.69) is 12.2 Å². The van der Waals surface area contributed by atoms with Gasteiger partial charge in [0.25, 0.3) is 0 Å². The van der Waals surface area contributed by atoms with Crippen LogP contribution >= 0.6 is 0 Å². The molecule has 0 aliphatic heterocycles. The van der Waals surface area contributed by atoms with Gasteiger partial charge in [0, 0.05) is 12.1 Å². The molecule has 0 heterocycles. The molecule has 3 saturated carbocycles. The number of rotatable bonds is 4. The van der Waals surface area contributed by atoms with Gasteiger partial charge in [0.05, 0.1) is 0 Å². The second kappa shape index (κ2) is 7.99. The van der Waals surface area contributed by atoms with E-state index in [0.29, 0.717) is 0 Å². The molecular weight excluding hydrogens is 254 g/mol. The Morgan fingerprint density at radius 2 is 1.29 bits per heavy atom. The van der Waals surface area contributed by atoms with E-state index in [-0.39, 0.29) is 0 Å². The molecule has 1 nitrogen and oxygen atoms in total. The Balaban J connectivity index is 1.60. The summed E-state index contributed by atoms with van der Waals surface area (Å²) in [4.78, 5) is 0. The van der Waals surface area contributed by atoms with Crippen LogP contribution in [0.25, 0.3) is 0 Å². The highest BCUT2D eigenvalue weighted by Gasteiger charge is 2.35. The molecule has 1 heteroatoms. The Hall–Kier alpha value is -0.0400. The molecule has 4 unspecified atom stereocenters. The zero-order valence-corrected chi connectivity index (χ0v) is 14.3. The topological polar surface area (TPSA) is 12.0 Å². The first-order valence-corrected chi connectivity index (χ1v) is 10.1. The molecule has 0 aromatic heterocycles. The second-order valence-corrected chi connectivity index (χ2v) is 8.18. The molecule has 3 rings (SSSR count). The zero-order chi connectivity index (χ0) is 14.5. The Kier molecular flexibility index (Phi) is 6.03. The van der Waals surface area contributed by atoms with E-state index >= 15 is 0 Å². The third kappa shape index (κ3) is 4.03. The van der Waals surface area contributed by atoms with Crippen LogP contribution in [0.2, 0.25) is 0 Å². The second-order valence-electron chi connectivity index (χ2n) is 8.18. The molecule has 0 aromatic rings. The predicted octanol–water partition coefficient (Wildman–Crippen LogP) is 5.68. The first kappa shape index (κ1) is 15.8. The largest absolute Gasteiger partial charge is 0.311 e. The van der Waals surface area contributed by atoms with Crippen LogP contribution in [-0.4, -0.2) is 12.1 Å². The van der Waals surface area contributed by atoms with Crippen molar-refractivity contribution >= 4 is 0 Å². The van der Waals surface area contributed by atoms with Gasteiger partial charge in [-0.05, 0) is 43.4 Å². The lowest BCUT2D eigenvalue weighted by Gasteiger charge is -2.43. The van der Waals surface area contributed by atoms with E-state index in [9.17, 15) is 0 Å². The maximum absolute atomic E-state index is 4.21. The minimum Gasteiger partial charge on any atom is -0.311 e. The van der Waals surface area contributed by atoms with Gasteiger partial charge in [-0.15, -0.1) is 0 Å². The normalized spacial score (nSPS) is 39.3. The summed E-state index contributed by atoms with van der Waals surface area (Å²) < 4.78 is 0. The van der Waals surface area contributed by atoms with Crippen molar-refractivity contribution in [2.24, 2.45) is 17.8 Å². The average molecular weight is 292 g/mol. The molecule has 0 radical (unpaired) electrons. The molecule has 0 bridgehead atoms. The third-order valence-electron chi connectivity index (χ3n) is 6.94. The van der Waals surface area contributed by atoms with Gasteiger partial charge in [0.2, 0.25) is 0 Å². The zero-order valence-electron chi connectivity index (χ0n) is 14.3. The van der Waals surface area contributed by atoms with Crippen LogP contribution in [0.1, 0.15) is 96.8 Å². The first-order valence-electron chi connectivity index (χ1n) is 10.1. The van der Waals surface area contributed by atoms with Gasteiger partial charge < -0.3 is 5.32 Å². The molecule has 3 aliphatic rings. The van der Waals surface area contributed by atoms with Crippen LogP contribution < -0.4 is 5.32 Å². The fourth-order valence-corrected chi connectivity index (χ4v) is 5.68. The van der Waals surface area contributed by atoms with Crippen molar-refractivity contribution in [3.8, 4) is 0 Å². The van der Waals surface area contributed by atoms with Gasteiger partial charge >= 0.3 is 0 Å². The Bertz CT molecular complexity index is 294. The molecule has 1 N–H and O–H groups in total. The molecule has 0 amide bonds. The van der Waals surface area contributed by atoms with Crippen molar-refractivity contribution in [1.29, 1.82) is 0 Å². The minimum absolute atomic E-state index is 0.845. The van der Waals surface area contributed by atoms with Crippen molar-refractivity contribution < 1.29 is 0 Å². The summed E-state index contributed by atoms with van der Waals surface area (Å²) in [5.74, 6) is 3.03. The molecule has 21 heavy (non-hydrogen) atoms. The van der Waals surface area contributed by atoms with Crippen LogP contribution in [0.4, 0.5) is 0 Å². The molecule has 3 fully saturated rings. The van der Waals surface area contributed by atoms with Gasteiger partial charge in [-0.2, -0.15) is 0 Å². The molecule has 122 valence electrons. The van der Waals surface area contributed by atoms with Gasteiger partial charge in [-0.3, -0.25) is 0 Å². The SMILES string of the molecule is CCC1CCCCC1NC1CCCCC1C1CCCCC1. The van der Waals surface area contributed by atoms with E-state index in [4.69, 9.17) is 0 Å². The third-order valence-corrected chi connectivity index (χ3v) is 6.94. The summed E-state index contributed by atoms with van der Waals surface area (Å²) in [6.45, 7) is 2.41. The molecule has 0 spiro atoms. The predicted molar refractivity (Wildman–Crippen MR) is 91.5 cm³/mol. The fraction of sp³-hybridized carbons (Fsp3) is 1.00. The van der Waals surface area contributed by atoms with Gasteiger partial charge in [-0.25, -0.2) is 0 Å². The van der Waals surface area contributed by atoms with Gasteiger partial charge in [0.15, 0.2) is 0 Å². The molecule has 4 atom stereocenters. The van der Waals surface area contributed by atoms with Crippen molar-refractivity contribution in [1.82, 2.24) is 5.32 Å². The average Bonchev–Trinajstić information content (AvgIpc) is 2.57. The van der Waals surface area contributed by atoms with E-state index in [0.717, 1.165) is 29.8 Å². The van der Waals surface area contributed by atoms with Gasteiger partial charge in [-0.1, -0.05) is 71.1 Å². The maximum Gasteiger partial charge on any atom is 0.0101 e. The molecule has 3 aliphatic carbocycles. The minimum atomic E-state index is 0.845. The van der Waals surface area contributed by atoms with Crippen LogP contribution in [0.15, 0.2) is 0 Å². The summed E-state index contributed by atoms with van der Waals surface area (Å²) >= 11 is 0. The quantitative estimate of drug-likeness (QED) is 0.702. The van der Waals surface area contributed by atoms with Crippen LogP contribution in [-0.2, 0) is 0 Å². The van der Waals surface area contributed by atoms with E-state index in [1.165, 1.54) is 89.9 Å². The summed E-state index contributed by atoms with van der Waals surface area (Å²) in [5.41, 5.74) is 0. The lowest BCUT2D eigenvalue weighted by molar-refractivity contribution is 0.122. The highest BCUT2D eigenvalue weighted by Crippen LogP contribution is 2.39. The lowest BCUT2D eigenvalue weighted by Crippen LogP contribution is -2.50. The molecule has 0 saturated heterocycles. The van der Waals surface area contributed by atoms with E-state index in [1.54, 1.807) is 0 Å². The monoisotopic (exact) mass is 291 g/mol. The molecular formula is C20H37N. The van der Waals surface area contributed by atoms with E-state index in [1.807, 2.05) is 0 Å². The summed E-state index contributed by atoms with van der Waals surface area (Å²) in [5, 5.41) is 4.21. The summed E-state index contributed by atoms with van der Waals surface area (Å²) in [6, 6.07) is 1.71. The fourth-order valence-electron chi connectivity index (χ4n) is 5.68. The van der Waals surface area contributed by atoms with Crippen molar-refractivity contribution in [2.45, 2.75) is 109 Å². The van der Waals surface area contributed by atoms with Crippen LogP contribution in [0, 0.1) is 17.8 Å². The van der Waals surface area contributed by atoms with Crippen LogP contribution in [0.3, 0.4) is 0 Å². The smallest absolute Gasteiger partial charge is 0.0101 e. The number of hydrogen-bond acceptors (Lipinski definition) is 1. The maximum atomic E-state index is 4.21. The Morgan fingerprint density at radius 3 is 2.05 bits per heavy atom. The Morgan fingerprint density at radius 1 is 0.667 bits per heavy atom.